The third-order valence-corrected chi connectivity index (χ3v) is 1.52. The minimum Gasteiger partial charge on any atom is -0.388 e. The van der Waals surface area contributed by atoms with Gasteiger partial charge >= 0.3 is 0 Å². The molecule has 0 bridgehead atoms. The first-order valence-corrected chi connectivity index (χ1v) is 7.13. The van der Waals surface area contributed by atoms with Gasteiger partial charge in [-0.05, 0) is 0 Å². The van der Waals surface area contributed by atoms with E-state index in [1.54, 1.807) is 0 Å². The van der Waals surface area contributed by atoms with Crippen LogP contribution in [-0.2, 0) is 88.0 Å². The summed E-state index contributed by atoms with van der Waals surface area (Å²) in [7, 11) is 8.00. The van der Waals surface area contributed by atoms with Gasteiger partial charge in [0.1, 0.15) is 12.2 Å². The summed E-state index contributed by atoms with van der Waals surface area (Å²) in [5, 5.41) is 9.95. The van der Waals surface area contributed by atoms with Gasteiger partial charge < -0.3 is 11.5 Å². The van der Waals surface area contributed by atoms with Gasteiger partial charge in [0.15, 0.2) is 0 Å². The molecule has 0 fully saturated rings. The zero-order chi connectivity index (χ0) is 18.5. The van der Waals surface area contributed by atoms with Crippen molar-refractivity contribution in [2.75, 3.05) is 0 Å². The first-order valence-electron chi connectivity index (χ1n) is 5.00. The number of nitrogens with zero attached hydrogens (tertiary/aromatic N) is 5. The molecule has 9 radical (unpaired) electrons. The Labute approximate surface area is 226 Å². The molecule has 0 aliphatic rings. The van der Waals surface area contributed by atoms with E-state index in [0.29, 0.717) is 0 Å². The second-order valence-corrected chi connectivity index (χ2v) is 3.76. The topological polar surface area (TPSA) is 200 Å². The molecule has 0 aliphatic carbocycles. The van der Waals surface area contributed by atoms with Crippen molar-refractivity contribution in [2.24, 2.45) is 35.6 Å². The molecule has 0 saturated carbocycles. The number of nitrogens with two attached hydrogens (primary N) is 2. The molecule has 0 amide bonds. The van der Waals surface area contributed by atoms with Crippen molar-refractivity contribution >= 4 is 77.6 Å². The third-order valence-electron chi connectivity index (χ3n) is 0.918. The maximum absolute atomic E-state index is 9.89. The standard InChI is InChI=1S/C4H8N4O2S.C3H6N4O2S.2CH4.B2.B.2Y/c1-4(5)8-6-2-3-7-11(9)10;4-3-6-5-1-2-7-10(8)9;;;1-2;;;/h2-3,8H,1,5H2,(H,9,10);1-3H,(H2,4,6)(H,8,9);2*1H4;;;;. The number of hydrazone groups is 1. The minimum atomic E-state index is -2.18. The molecule has 0 aromatic carbocycles. The molecular weight excluding hydrogens is 559 g/mol. The smallest absolute Gasteiger partial charge is 0.281 e. The molecule has 0 heterocycles. The summed E-state index contributed by atoms with van der Waals surface area (Å²) in [4.78, 5) is 0. The molecule has 0 aromatic heterocycles. The van der Waals surface area contributed by atoms with E-state index in [-0.39, 0.29) is 94.5 Å². The van der Waals surface area contributed by atoms with Crippen LogP contribution in [0.15, 0.2) is 36.5 Å². The van der Waals surface area contributed by atoms with Gasteiger partial charge in [-0.1, -0.05) is 21.4 Å². The predicted octanol–water partition coefficient (Wildman–Crippen LogP) is -1.51. The van der Waals surface area contributed by atoms with Crippen LogP contribution in [0.4, 0.5) is 0 Å². The van der Waals surface area contributed by atoms with Gasteiger partial charge in [0.2, 0.25) is 0 Å². The van der Waals surface area contributed by atoms with Crippen molar-refractivity contribution in [3.63, 3.8) is 0 Å². The summed E-state index contributed by atoms with van der Waals surface area (Å²) in [6.07, 6.45) is 5.40. The zero-order valence-electron chi connectivity index (χ0n) is 13.4. The van der Waals surface area contributed by atoms with E-state index < -0.39 is 22.5 Å². The normalized spacial score (nSPS) is 11.2. The Kier molecular flexibility index (Phi) is 83.4. The van der Waals surface area contributed by atoms with E-state index in [9.17, 15) is 8.42 Å². The fourth-order valence-corrected chi connectivity index (χ4v) is 0.736. The van der Waals surface area contributed by atoms with E-state index >= 15 is 0 Å². The number of hydrogen-bond acceptors (Lipinski definition) is 7. The average molecular weight is 581 g/mol. The fraction of sp³-hybridized carbons (Fsp3) is 0.222. The van der Waals surface area contributed by atoms with Crippen molar-refractivity contribution in [3.8, 4) is 0 Å². The summed E-state index contributed by atoms with van der Waals surface area (Å²) in [5.74, 6) is 0.180. The van der Waals surface area contributed by atoms with Gasteiger partial charge in [0, 0.05) is 89.3 Å². The molecule has 0 saturated heterocycles. The van der Waals surface area contributed by atoms with Gasteiger partial charge in [-0.25, -0.2) is 8.42 Å². The molecule has 19 heteroatoms. The summed E-state index contributed by atoms with van der Waals surface area (Å²) >= 11 is -4.36. The van der Waals surface area contributed by atoms with Crippen molar-refractivity contribution in [1.82, 2.24) is 5.43 Å². The van der Waals surface area contributed by atoms with E-state index in [2.05, 4.69) is 51.6 Å². The van der Waals surface area contributed by atoms with Gasteiger partial charge in [-0.3, -0.25) is 14.5 Å². The molecule has 2 atom stereocenters. The maximum atomic E-state index is 9.89. The second kappa shape index (κ2) is 45.7. The fourth-order valence-electron chi connectivity index (χ4n) is 0.419. The van der Waals surface area contributed by atoms with Crippen LogP contribution in [0.2, 0.25) is 0 Å². The molecule has 0 aromatic rings. The Morgan fingerprint density at radius 2 is 1.36 bits per heavy atom. The number of hydrogen-bond donors (Lipinski definition) is 5. The van der Waals surface area contributed by atoms with Crippen molar-refractivity contribution in [2.45, 2.75) is 14.9 Å². The van der Waals surface area contributed by atoms with E-state index in [1.165, 1.54) is 6.21 Å². The van der Waals surface area contributed by atoms with Crippen LogP contribution >= 0.6 is 0 Å². The van der Waals surface area contributed by atoms with Crippen molar-refractivity contribution < 1.29 is 82.9 Å². The number of rotatable bonds is 7. The molecule has 0 aliphatic heterocycles. The largest absolute Gasteiger partial charge is 0.388 e. The van der Waals surface area contributed by atoms with E-state index in [1.807, 2.05) is 0 Å². The third kappa shape index (κ3) is 72.1. The summed E-state index contributed by atoms with van der Waals surface area (Å²) in [5.41, 5.74) is 12.2. The maximum Gasteiger partial charge on any atom is 0.281 e. The van der Waals surface area contributed by atoms with Gasteiger partial charge in [0.25, 0.3) is 22.5 Å². The molecule has 149 valence electrons. The molecular formula is C9H22B3N8O4S2Y2. The Hall–Kier alpha value is 0.113. The molecule has 7 N–H and O–H groups in total. The van der Waals surface area contributed by atoms with Crippen LogP contribution in [0.25, 0.3) is 0 Å². The van der Waals surface area contributed by atoms with Crippen LogP contribution in [0.5, 0.6) is 0 Å². The summed E-state index contributed by atoms with van der Waals surface area (Å²) in [6.45, 7) is 3.29. The zero-order valence-corrected chi connectivity index (χ0v) is 20.7. The second-order valence-electron chi connectivity index (χ2n) is 2.41. The number of nitrogens with one attached hydrogen (secondary N) is 1. The first-order chi connectivity index (χ1) is 10.9. The minimum absolute atomic E-state index is 0. The molecule has 0 spiro atoms. The molecule has 28 heavy (non-hydrogen) atoms. The van der Waals surface area contributed by atoms with Gasteiger partial charge in [-0.15, -0.1) is 5.10 Å². The summed E-state index contributed by atoms with van der Waals surface area (Å²) in [6, 6.07) is 0. The van der Waals surface area contributed by atoms with Crippen LogP contribution in [0.1, 0.15) is 14.9 Å². The average Bonchev–Trinajstić information content (AvgIpc) is 2.48. The quantitative estimate of drug-likeness (QED) is 0.0792. The SMILES string of the molecule is C.C.C=C(N)NN=CC=NS(=O)O.NC=NN=CC=NS(=O)O.[B].[B][B].[Y].[Y]. The van der Waals surface area contributed by atoms with Crippen LogP contribution < -0.4 is 16.9 Å². The molecule has 2 unspecified atom stereocenters. The Morgan fingerprint density at radius 1 is 0.964 bits per heavy atom. The molecule has 12 nitrogen and oxygen atoms in total. The Morgan fingerprint density at radius 3 is 1.68 bits per heavy atom. The molecule has 0 rings (SSSR count). The van der Waals surface area contributed by atoms with Crippen LogP contribution in [0.3, 0.4) is 0 Å². The van der Waals surface area contributed by atoms with E-state index in [4.69, 9.17) is 20.6 Å². The first kappa shape index (κ1) is 51.1. The monoisotopic (exact) mass is 581 g/mol. The Bertz CT molecular complexity index is 514. The van der Waals surface area contributed by atoms with E-state index in [0.717, 1.165) is 25.0 Å². The predicted molar refractivity (Wildman–Crippen MR) is 115 cm³/mol. The van der Waals surface area contributed by atoms with Crippen molar-refractivity contribution in [1.29, 1.82) is 0 Å². The van der Waals surface area contributed by atoms with Gasteiger partial charge in [-0.2, -0.15) is 19.0 Å². The summed E-state index contributed by atoms with van der Waals surface area (Å²) < 4.78 is 42.0. The van der Waals surface area contributed by atoms with Crippen LogP contribution in [0, 0.1) is 0 Å². The van der Waals surface area contributed by atoms with Gasteiger partial charge in [0.05, 0.1) is 24.9 Å². The Balaban J connectivity index is -0.0000000376. The van der Waals surface area contributed by atoms with Crippen LogP contribution in [-0.4, -0.2) is 72.6 Å². The van der Waals surface area contributed by atoms with Crippen molar-refractivity contribution in [3.05, 3.63) is 12.4 Å².